The van der Waals surface area contributed by atoms with E-state index in [2.05, 4.69) is 17.2 Å². The summed E-state index contributed by atoms with van der Waals surface area (Å²) in [5.41, 5.74) is 0. The van der Waals surface area contributed by atoms with Gasteiger partial charge in [-0.25, -0.2) is 4.79 Å². The highest BCUT2D eigenvalue weighted by Gasteiger charge is 2.31. The quantitative estimate of drug-likeness (QED) is 0.594. The number of hydrogen-bond acceptors (Lipinski definition) is 4. The maximum absolute atomic E-state index is 11.2. The Bertz CT molecular complexity index is 280. The van der Waals surface area contributed by atoms with Crippen LogP contribution < -0.4 is 10.6 Å². The van der Waals surface area contributed by atoms with E-state index < -0.39 is 24.1 Å². The molecule has 0 aromatic heterocycles. The summed E-state index contributed by atoms with van der Waals surface area (Å²) in [7, 11) is 0. The Balaban J connectivity index is 2.46. The fourth-order valence-corrected chi connectivity index (χ4v) is 1.63. The number of hydrogen-bond donors (Lipinski definition) is 3. The molecule has 0 aromatic rings. The highest BCUT2D eigenvalue weighted by Crippen LogP contribution is 2.09. The van der Waals surface area contributed by atoms with E-state index in [1.807, 2.05) is 0 Å². The second kappa shape index (κ2) is 6.12. The largest absolute Gasteiger partial charge is 0.480 e. The first-order chi connectivity index (χ1) is 7.65. The number of rotatable bonds is 4. The predicted molar refractivity (Wildman–Crippen MR) is 57.1 cm³/mol. The van der Waals surface area contributed by atoms with Crippen molar-refractivity contribution in [2.24, 2.45) is 0 Å². The van der Waals surface area contributed by atoms with Crippen molar-refractivity contribution >= 4 is 12.1 Å². The Kier molecular flexibility index (Phi) is 4.78. The van der Waals surface area contributed by atoms with Crippen molar-refractivity contribution in [1.29, 1.82) is 0 Å². The molecule has 1 rings (SSSR count). The molecular formula is C10H16N2O4. The van der Waals surface area contributed by atoms with Gasteiger partial charge in [-0.05, 0) is 19.4 Å². The van der Waals surface area contributed by atoms with Crippen LogP contribution >= 0.6 is 0 Å². The van der Waals surface area contributed by atoms with Gasteiger partial charge < -0.3 is 20.5 Å². The number of piperidine rings is 1. The fourth-order valence-electron chi connectivity index (χ4n) is 1.63. The van der Waals surface area contributed by atoms with Crippen LogP contribution in [0.15, 0.2) is 12.7 Å². The Morgan fingerprint density at radius 1 is 1.62 bits per heavy atom. The molecule has 1 aliphatic rings. The lowest BCUT2D eigenvalue weighted by molar-refractivity contribution is -0.140. The van der Waals surface area contributed by atoms with Gasteiger partial charge in [-0.3, -0.25) is 4.79 Å². The Hall–Kier alpha value is -1.56. The summed E-state index contributed by atoms with van der Waals surface area (Å²) < 4.78 is 4.73. The lowest BCUT2D eigenvalue weighted by Gasteiger charge is -2.29. The van der Waals surface area contributed by atoms with E-state index in [0.29, 0.717) is 13.0 Å². The summed E-state index contributed by atoms with van der Waals surface area (Å²) in [6.45, 7) is 4.18. The maximum atomic E-state index is 11.2. The molecule has 0 radical (unpaired) electrons. The molecular weight excluding hydrogens is 212 g/mol. The monoisotopic (exact) mass is 228 g/mol. The lowest BCUT2D eigenvalue weighted by Crippen LogP contribution is -2.57. The number of carbonyl (C=O) groups excluding carboxylic acids is 1. The summed E-state index contributed by atoms with van der Waals surface area (Å²) in [6, 6.07) is -1.17. The van der Waals surface area contributed by atoms with Crippen molar-refractivity contribution < 1.29 is 19.4 Å². The molecule has 2 atom stereocenters. The Morgan fingerprint density at radius 2 is 2.38 bits per heavy atom. The molecule has 1 fully saturated rings. The van der Waals surface area contributed by atoms with Gasteiger partial charge in [0.05, 0.1) is 6.04 Å². The van der Waals surface area contributed by atoms with E-state index in [1.54, 1.807) is 0 Å². The molecule has 0 aromatic carbocycles. The summed E-state index contributed by atoms with van der Waals surface area (Å²) in [5.74, 6) is -0.964. The number of aliphatic carboxylic acids is 1. The van der Waals surface area contributed by atoms with Gasteiger partial charge >= 0.3 is 12.1 Å². The summed E-state index contributed by atoms with van der Waals surface area (Å²) in [5, 5.41) is 14.3. The second-order valence-electron chi connectivity index (χ2n) is 3.55. The normalized spacial score (nSPS) is 24.5. The predicted octanol–water partition coefficient (Wildman–Crippen LogP) is 0.104. The molecule has 1 amide bonds. The maximum Gasteiger partial charge on any atom is 0.407 e. The summed E-state index contributed by atoms with van der Waals surface area (Å²) in [6.07, 6.45) is 2.30. The molecule has 0 saturated carbocycles. The van der Waals surface area contributed by atoms with Crippen LogP contribution in [0.25, 0.3) is 0 Å². The fraction of sp³-hybridized carbons (Fsp3) is 0.600. The van der Waals surface area contributed by atoms with Gasteiger partial charge in [0, 0.05) is 0 Å². The van der Waals surface area contributed by atoms with E-state index in [-0.39, 0.29) is 6.61 Å². The van der Waals surface area contributed by atoms with Crippen molar-refractivity contribution in [3.63, 3.8) is 0 Å². The molecule has 1 heterocycles. The van der Waals surface area contributed by atoms with Gasteiger partial charge in [0.25, 0.3) is 0 Å². The van der Waals surface area contributed by atoms with Gasteiger partial charge in [-0.15, -0.1) is 0 Å². The number of amides is 1. The zero-order valence-corrected chi connectivity index (χ0v) is 8.94. The third-order valence-corrected chi connectivity index (χ3v) is 2.36. The number of alkyl carbamates (subject to hydrolysis) is 1. The standard InChI is InChI=1S/C10H16N2O4/c1-2-6-16-10(15)12-7-4-3-5-11-8(7)9(13)14/h2,7-8,11H,1,3-6H2,(H,12,15)(H,13,14). The molecule has 0 bridgehead atoms. The van der Waals surface area contributed by atoms with Gasteiger partial charge in [-0.1, -0.05) is 12.7 Å². The van der Waals surface area contributed by atoms with Crippen LogP contribution in [-0.2, 0) is 9.53 Å². The summed E-state index contributed by atoms with van der Waals surface area (Å²) in [4.78, 5) is 22.1. The van der Waals surface area contributed by atoms with Crippen molar-refractivity contribution in [2.75, 3.05) is 13.2 Å². The smallest absolute Gasteiger partial charge is 0.407 e. The Labute approximate surface area is 93.7 Å². The summed E-state index contributed by atoms with van der Waals surface area (Å²) >= 11 is 0. The molecule has 0 spiro atoms. The van der Waals surface area contributed by atoms with Gasteiger partial charge in [-0.2, -0.15) is 0 Å². The second-order valence-corrected chi connectivity index (χ2v) is 3.55. The molecule has 1 aliphatic heterocycles. The molecule has 6 nitrogen and oxygen atoms in total. The minimum absolute atomic E-state index is 0.115. The molecule has 3 N–H and O–H groups in total. The van der Waals surface area contributed by atoms with Crippen LogP contribution in [0.5, 0.6) is 0 Å². The molecule has 0 aliphatic carbocycles. The third-order valence-electron chi connectivity index (χ3n) is 2.36. The number of ether oxygens (including phenoxy) is 1. The molecule has 2 unspecified atom stereocenters. The highest BCUT2D eigenvalue weighted by molar-refractivity contribution is 5.76. The first-order valence-corrected chi connectivity index (χ1v) is 5.15. The van der Waals surface area contributed by atoms with Gasteiger partial charge in [0.2, 0.25) is 0 Å². The van der Waals surface area contributed by atoms with E-state index in [0.717, 1.165) is 6.42 Å². The van der Waals surface area contributed by atoms with Crippen LogP contribution in [-0.4, -0.2) is 42.4 Å². The molecule has 16 heavy (non-hydrogen) atoms. The van der Waals surface area contributed by atoms with Gasteiger partial charge in [0.1, 0.15) is 12.6 Å². The van der Waals surface area contributed by atoms with Crippen molar-refractivity contribution in [1.82, 2.24) is 10.6 Å². The number of carboxylic acid groups (broad SMARTS) is 1. The molecule has 1 saturated heterocycles. The minimum atomic E-state index is -0.964. The zero-order valence-electron chi connectivity index (χ0n) is 8.94. The minimum Gasteiger partial charge on any atom is -0.480 e. The van der Waals surface area contributed by atoms with Crippen LogP contribution in [0.3, 0.4) is 0 Å². The van der Waals surface area contributed by atoms with Crippen molar-refractivity contribution in [3.8, 4) is 0 Å². The van der Waals surface area contributed by atoms with Crippen LogP contribution in [0, 0.1) is 0 Å². The zero-order chi connectivity index (χ0) is 12.0. The number of carbonyl (C=O) groups is 2. The van der Waals surface area contributed by atoms with Crippen molar-refractivity contribution in [2.45, 2.75) is 24.9 Å². The van der Waals surface area contributed by atoms with E-state index in [1.165, 1.54) is 6.08 Å². The average Bonchev–Trinajstić information content (AvgIpc) is 2.27. The molecule has 6 heteroatoms. The third kappa shape index (κ3) is 3.54. The average molecular weight is 228 g/mol. The highest BCUT2D eigenvalue weighted by atomic mass is 16.5. The van der Waals surface area contributed by atoms with Gasteiger partial charge in [0.15, 0.2) is 0 Å². The van der Waals surface area contributed by atoms with Crippen LogP contribution in [0.2, 0.25) is 0 Å². The molecule has 90 valence electrons. The number of nitrogens with one attached hydrogen (secondary N) is 2. The van der Waals surface area contributed by atoms with E-state index in [9.17, 15) is 9.59 Å². The number of carboxylic acids is 1. The van der Waals surface area contributed by atoms with E-state index >= 15 is 0 Å². The van der Waals surface area contributed by atoms with Crippen LogP contribution in [0.1, 0.15) is 12.8 Å². The first kappa shape index (κ1) is 12.5. The van der Waals surface area contributed by atoms with Crippen molar-refractivity contribution in [3.05, 3.63) is 12.7 Å². The lowest BCUT2D eigenvalue weighted by atomic mass is 9.99. The first-order valence-electron chi connectivity index (χ1n) is 5.15. The topological polar surface area (TPSA) is 87.7 Å². The van der Waals surface area contributed by atoms with Crippen LogP contribution in [0.4, 0.5) is 4.79 Å². The SMILES string of the molecule is C=CCOC(=O)NC1CCCNC1C(=O)O. The Morgan fingerprint density at radius 3 is 3.00 bits per heavy atom. The van der Waals surface area contributed by atoms with E-state index in [4.69, 9.17) is 9.84 Å².